The van der Waals surface area contributed by atoms with Crippen LogP contribution >= 0.6 is 0 Å². The number of carbonyl (C=O) groups is 1. The molecule has 2 aliphatic rings. The predicted molar refractivity (Wildman–Crippen MR) is 117 cm³/mol. The molecule has 1 aromatic heterocycles. The maximum atomic E-state index is 13.0. The molecule has 0 aliphatic carbocycles. The number of rotatable bonds is 6. The SMILES string of the molecule is COc1ccc(CN2C[C@@H]3C[C@H](C2)c2ccc(NC(=O)CN(C)C)c(=O)n2C3)cc1. The van der Waals surface area contributed by atoms with Crippen LogP contribution in [0.2, 0.25) is 0 Å². The van der Waals surface area contributed by atoms with Crippen molar-refractivity contribution in [2.24, 2.45) is 5.92 Å². The molecule has 1 saturated heterocycles. The van der Waals surface area contributed by atoms with Gasteiger partial charge < -0.3 is 19.5 Å². The molecular formula is C23H30N4O3. The normalized spacial score (nSPS) is 20.7. The first-order valence-electron chi connectivity index (χ1n) is 10.5. The van der Waals surface area contributed by atoms with Crippen molar-refractivity contribution in [3.8, 4) is 5.75 Å². The molecule has 160 valence electrons. The number of anilines is 1. The maximum absolute atomic E-state index is 13.0. The van der Waals surface area contributed by atoms with Gasteiger partial charge in [0.05, 0.1) is 13.7 Å². The predicted octanol–water partition coefficient (Wildman–Crippen LogP) is 1.98. The third kappa shape index (κ3) is 4.42. The van der Waals surface area contributed by atoms with E-state index in [9.17, 15) is 9.59 Å². The lowest BCUT2D eigenvalue weighted by molar-refractivity contribution is -0.116. The molecule has 30 heavy (non-hydrogen) atoms. The molecule has 1 N–H and O–H groups in total. The lowest BCUT2D eigenvalue weighted by Gasteiger charge is -2.43. The highest BCUT2D eigenvalue weighted by atomic mass is 16.5. The van der Waals surface area contributed by atoms with Gasteiger partial charge in [0.25, 0.3) is 5.56 Å². The molecule has 0 saturated carbocycles. The largest absolute Gasteiger partial charge is 0.497 e. The number of likely N-dealkylation sites (N-methyl/N-ethyl adjacent to an activating group) is 1. The molecule has 0 unspecified atom stereocenters. The van der Waals surface area contributed by atoms with E-state index in [1.165, 1.54) is 5.56 Å². The van der Waals surface area contributed by atoms with Gasteiger partial charge in [-0.25, -0.2) is 0 Å². The topological polar surface area (TPSA) is 66.8 Å². The molecule has 0 radical (unpaired) electrons. The Kier molecular flexibility index (Phi) is 5.92. The van der Waals surface area contributed by atoms with Crippen LogP contribution in [-0.4, -0.2) is 61.1 Å². The molecule has 2 aliphatic heterocycles. The van der Waals surface area contributed by atoms with Crippen LogP contribution in [0.3, 0.4) is 0 Å². The Hall–Kier alpha value is -2.64. The number of pyridine rings is 1. The van der Waals surface area contributed by atoms with Crippen LogP contribution in [0.25, 0.3) is 0 Å². The standard InChI is InChI=1S/C23H30N4O3/c1-25(2)15-22(28)24-20-8-9-21-18-10-17(13-27(21)23(20)29)12-26(14-18)11-16-4-6-19(30-3)7-5-16/h4-9,17-18H,10-15H2,1-3H3,(H,24,28)/t17-,18+/m0/s1. The van der Waals surface area contributed by atoms with E-state index in [-0.39, 0.29) is 18.0 Å². The maximum Gasteiger partial charge on any atom is 0.274 e. The van der Waals surface area contributed by atoms with Crippen LogP contribution < -0.4 is 15.6 Å². The molecule has 2 atom stereocenters. The molecule has 1 fully saturated rings. The summed E-state index contributed by atoms with van der Waals surface area (Å²) < 4.78 is 7.13. The Morgan fingerprint density at radius 2 is 1.90 bits per heavy atom. The van der Waals surface area contributed by atoms with E-state index in [1.807, 2.05) is 36.9 Å². The fourth-order valence-corrected chi connectivity index (χ4v) is 4.74. The van der Waals surface area contributed by atoms with Crippen LogP contribution in [0.4, 0.5) is 5.69 Å². The number of piperidine rings is 1. The van der Waals surface area contributed by atoms with Crippen LogP contribution in [-0.2, 0) is 17.9 Å². The minimum absolute atomic E-state index is 0.0853. The van der Waals surface area contributed by atoms with Gasteiger partial charge in [-0.1, -0.05) is 12.1 Å². The molecule has 3 heterocycles. The van der Waals surface area contributed by atoms with Crippen LogP contribution in [0.15, 0.2) is 41.2 Å². The van der Waals surface area contributed by atoms with E-state index >= 15 is 0 Å². The molecule has 0 spiro atoms. The van der Waals surface area contributed by atoms with Gasteiger partial charge in [-0.05, 0) is 56.3 Å². The lowest BCUT2D eigenvalue weighted by Crippen LogP contribution is -2.47. The first-order valence-corrected chi connectivity index (χ1v) is 10.5. The van der Waals surface area contributed by atoms with E-state index < -0.39 is 0 Å². The minimum Gasteiger partial charge on any atom is -0.497 e. The van der Waals surface area contributed by atoms with Crippen LogP contribution in [0.1, 0.15) is 23.6 Å². The molecule has 2 aromatic rings. The minimum atomic E-state index is -0.167. The zero-order valence-electron chi connectivity index (χ0n) is 17.9. The first-order chi connectivity index (χ1) is 14.4. The zero-order valence-corrected chi connectivity index (χ0v) is 17.9. The Balaban J connectivity index is 1.48. The number of methoxy groups -OCH3 is 1. The second-order valence-corrected chi connectivity index (χ2v) is 8.71. The summed E-state index contributed by atoms with van der Waals surface area (Å²) in [7, 11) is 5.34. The number of likely N-dealkylation sites (tertiary alicyclic amines) is 1. The highest BCUT2D eigenvalue weighted by Crippen LogP contribution is 2.36. The number of hydrogen-bond donors (Lipinski definition) is 1. The molecule has 1 amide bonds. The molecule has 7 nitrogen and oxygen atoms in total. The Labute approximate surface area is 177 Å². The number of fused-ring (bicyclic) bond motifs is 4. The van der Waals surface area contributed by atoms with Crippen molar-refractivity contribution in [1.82, 2.24) is 14.4 Å². The monoisotopic (exact) mass is 410 g/mol. The number of nitrogens with zero attached hydrogens (tertiary/aromatic N) is 3. The summed E-state index contributed by atoms with van der Waals surface area (Å²) in [5, 5.41) is 2.77. The van der Waals surface area contributed by atoms with Crippen molar-refractivity contribution in [2.75, 3.05) is 46.2 Å². The van der Waals surface area contributed by atoms with Crippen molar-refractivity contribution in [1.29, 1.82) is 0 Å². The smallest absolute Gasteiger partial charge is 0.274 e. The van der Waals surface area contributed by atoms with Crippen molar-refractivity contribution in [3.05, 3.63) is 58.0 Å². The lowest BCUT2D eigenvalue weighted by atomic mass is 9.83. The fraction of sp³-hybridized carbons (Fsp3) is 0.478. The Bertz CT molecular complexity index is 967. The number of hydrogen-bond acceptors (Lipinski definition) is 5. The van der Waals surface area contributed by atoms with Crippen molar-refractivity contribution < 1.29 is 9.53 Å². The van der Waals surface area contributed by atoms with Crippen molar-refractivity contribution in [2.45, 2.75) is 25.4 Å². The number of aromatic nitrogens is 1. The fourth-order valence-electron chi connectivity index (χ4n) is 4.74. The molecule has 2 bridgehead atoms. The van der Waals surface area contributed by atoms with Crippen LogP contribution in [0.5, 0.6) is 5.75 Å². The summed E-state index contributed by atoms with van der Waals surface area (Å²) in [6.45, 7) is 3.79. The van der Waals surface area contributed by atoms with Crippen LogP contribution in [0, 0.1) is 5.92 Å². The third-order valence-corrected chi connectivity index (χ3v) is 5.98. The summed E-state index contributed by atoms with van der Waals surface area (Å²) in [5.41, 5.74) is 2.65. The number of benzene rings is 1. The Morgan fingerprint density at radius 3 is 2.60 bits per heavy atom. The molecule has 7 heteroatoms. The number of ether oxygens (including phenoxy) is 1. The summed E-state index contributed by atoms with van der Waals surface area (Å²) in [4.78, 5) is 29.4. The van der Waals surface area contributed by atoms with Gasteiger partial charge in [0.2, 0.25) is 5.91 Å². The summed E-state index contributed by atoms with van der Waals surface area (Å²) in [6, 6.07) is 12.0. The van der Waals surface area contributed by atoms with E-state index in [0.29, 0.717) is 24.1 Å². The van der Waals surface area contributed by atoms with Gasteiger partial charge in [-0.2, -0.15) is 0 Å². The van der Waals surface area contributed by atoms with E-state index in [1.54, 1.807) is 18.1 Å². The highest BCUT2D eigenvalue weighted by Gasteiger charge is 2.35. The van der Waals surface area contributed by atoms with Gasteiger partial charge in [-0.15, -0.1) is 0 Å². The van der Waals surface area contributed by atoms with Gasteiger partial charge in [0.15, 0.2) is 0 Å². The zero-order chi connectivity index (χ0) is 21.3. The van der Waals surface area contributed by atoms with Gasteiger partial charge >= 0.3 is 0 Å². The number of carbonyl (C=O) groups excluding carboxylic acids is 1. The number of nitrogens with one attached hydrogen (secondary N) is 1. The second kappa shape index (κ2) is 8.62. The second-order valence-electron chi connectivity index (χ2n) is 8.71. The first kappa shape index (κ1) is 20.6. The van der Waals surface area contributed by atoms with Gasteiger partial charge in [0.1, 0.15) is 11.4 Å². The molecular weight excluding hydrogens is 380 g/mol. The van der Waals surface area contributed by atoms with E-state index in [2.05, 4.69) is 22.3 Å². The highest BCUT2D eigenvalue weighted by molar-refractivity contribution is 5.92. The molecule has 4 rings (SSSR count). The van der Waals surface area contributed by atoms with Gasteiger partial charge in [0, 0.05) is 37.8 Å². The van der Waals surface area contributed by atoms with Gasteiger partial charge in [-0.3, -0.25) is 14.5 Å². The average Bonchev–Trinajstić information content (AvgIpc) is 2.70. The van der Waals surface area contributed by atoms with E-state index in [4.69, 9.17) is 4.74 Å². The Morgan fingerprint density at radius 1 is 1.13 bits per heavy atom. The quantitative estimate of drug-likeness (QED) is 0.789. The average molecular weight is 411 g/mol. The number of amides is 1. The van der Waals surface area contributed by atoms with Crippen molar-refractivity contribution in [3.63, 3.8) is 0 Å². The molecule has 1 aromatic carbocycles. The summed E-state index contributed by atoms with van der Waals surface area (Å²) in [6.07, 6.45) is 1.12. The van der Waals surface area contributed by atoms with E-state index in [0.717, 1.165) is 37.5 Å². The summed E-state index contributed by atoms with van der Waals surface area (Å²) in [5.74, 6) is 1.49. The van der Waals surface area contributed by atoms with Crippen molar-refractivity contribution >= 4 is 11.6 Å². The third-order valence-electron chi connectivity index (χ3n) is 5.98. The summed E-state index contributed by atoms with van der Waals surface area (Å²) >= 11 is 0.